The highest BCUT2D eigenvalue weighted by Gasteiger charge is 2.17. The monoisotopic (exact) mass is 313 g/mol. The van der Waals surface area contributed by atoms with Crippen molar-refractivity contribution in [1.82, 2.24) is 19.5 Å². The van der Waals surface area contributed by atoms with Gasteiger partial charge in [0.25, 0.3) is 6.01 Å². The molecule has 3 aromatic rings. The van der Waals surface area contributed by atoms with Crippen molar-refractivity contribution in [2.75, 3.05) is 12.8 Å². The lowest BCUT2D eigenvalue weighted by Gasteiger charge is -2.06. The number of nitrogens with zero attached hydrogens (tertiary/aromatic N) is 4. The van der Waals surface area contributed by atoms with E-state index in [0.29, 0.717) is 17.7 Å². The second-order valence-corrected chi connectivity index (χ2v) is 4.93. The number of carbonyl (C=O) groups is 1. The maximum Gasteiger partial charge on any atom is 0.313 e. The van der Waals surface area contributed by atoms with E-state index >= 15 is 0 Å². The van der Waals surface area contributed by atoms with Crippen LogP contribution in [-0.4, -0.2) is 37.7 Å². The molecule has 0 atom stereocenters. The van der Waals surface area contributed by atoms with Crippen LogP contribution in [0.4, 0.5) is 5.82 Å². The summed E-state index contributed by atoms with van der Waals surface area (Å²) in [6.07, 6.45) is -0.103. The third kappa shape index (κ3) is 2.91. The number of methoxy groups -OCH3 is 1. The molecule has 3 N–H and O–H groups in total. The van der Waals surface area contributed by atoms with Crippen LogP contribution in [0.15, 0.2) is 30.3 Å². The standard InChI is InChI=1S/C15H15N5O3/c1-23-11(21)7-10-17-13(16)12-14(18-10)20(15(22)19-12)8-9-5-3-2-4-6-9/h2-6H,7-8H2,1H3,(H,19,22)(H2,16,17,18). The molecule has 0 aliphatic carbocycles. The van der Waals surface area contributed by atoms with Crippen LogP contribution in [-0.2, 0) is 22.5 Å². The second-order valence-electron chi connectivity index (χ2n) is 4.93. The van der Waals surface area contributed by atoms with Crippen molar-refractivity contribution >= 4 is 23.0 Å². The van der Waals surface area contributed by atoms with Crippen LogP contribution in [0.3, 0.4) is 0 Å². The molecule has 2 aromatic heterocycles. The van der Waals surface area contributed by atoms with Crippen molar-refractivity contribution in [3.8, 4) is 6.01 Å². The molecule has 0 fully saturated rings. The Labute approximate surface area is 131 Å². The van der Waals surface area contributed by atoms with E-state index in [9.17, 15) is 9.90 Å². The summed E-state index contributed by atoms with van der Waals surface area (Å²) in [6.45, 7) is 0.372. The number of anilines is 1. The van der Waals surface area contributed by atoms with Gasteiger partial charge in [-0.1, -0.05) is 30.3 Å². The molecule has 118 valence electrons. The van der Waals surface area contributed by atoms with Crippen LogP contribution < -0.4 is 5.73 Å². The van der Waals surface area contributed by atoms with E-state index in [1.807, 2.05) is 30.3 Å². The van der Waals surface area contributed by atoms with Crippen molar-refractivity contribution in [2.24, 2.45) is 0 Å². The minimum atomic E-state index is -0.470. The Hall–Kier alpha value is -3.16. The molecule has 8 heteroatoms. The first-order valence-electron chi connectivity index (χ1n) is 6.91. The van der Waals surface area contributed by atoms with Gasteiger partial charge in [-0.05, 0) is 5.56 Å². The van der Waals surface area contributed by atoms with Gasteiger partial charge in [-0.3, -0.25) is 9.36 Å². The number of carbonyl (C=O) groups excluding carboxylic acids is 1. The lowest BCUT2D eigenvalue weighted by atomic mass is 10.2. The van der Waals surface area contributed by atoms with E-state index in [0.717, 1.165) is 5.56 Å². The zero-order valence-corrected chi connectivity index (χ0v) is 12.4. The summed E-state index contributed by atoms with van der Waals surface area (Å²) in [5.74, 6) is -0.144. The van der Waals surface area contributed by atoms with E-state index in [4.69, 9.17) is 5.73 Å². The molecule has 3 rings (SSSR count). The largest absolute Gasteiger partial charge is 0.480 e. The zero-order chi connectivity index (χ0) is 16.4. The summed E-state index contributed by atoms with van der Waals surface area (Å²) in [6, 6.07) is 9.34. The van der Waals surface area contributed by atoms with Crippen LogP contribution in [0.2, 0.25) is 0 Å². The molecule has 0 radical (unpaired) electrons. The third-order valence-corrected chi connectivity index (χ3v) is 3.36. The minimum absolute atomic E-state index is 0.103. The van der Waals surface area contributed by atoms with Gasteiger partial charge in [-0.2, -0.15) is 4.98 Å². The highest BCUT2D eigenvalue weighted by atomic mass is 16.5. The number of benzene rings is 1. The molecule has 0 spiro atoms. The Morgan fingerprint density at radius 3 is 2.70 bits per heavy atom. The van der Waals surface area contributed by atoms with Crippen LogP contribution >= 0.6 is 0 Å². The summed E-state index contributed by atoms with van der Waals surface area (Å²) < 4.78 is 6.12. The van der Waals surface area contributed by atoms with Crippen molar-refractivity contribution in [3.05, 3.63) is 41.7 Å². The summed E-state index contributed by atoms with van der Waals surface area (Å²) in [4.78, 5) is 23.7. The summed E-state index contributed by atoms with van der Waals surface area (Å²) in [7, 11) is 1.29. The fourth-order valence-corrected chi connectivity index (χ4v) is 2.25. The number of fused-ring (bicyclic) bond motifs is 1. The Morgan fingerprint density at radius 2 is 2.00 bits per heavy atom. The number of aromatic hydroxyl groups is 1. The van der Waals surface area contributed by atoms with Gasteiger partial charge in [0.2, 0.25) is 0 Å². The van der Waals surface area contributed by atoms with E-state index in [2.05, 4.69) is 19.7 Å². The normalized spacial score (nSPS) is 10.8. The Kier molecular flexibility index (Phi) is 3.80. The van der Waals surface area contributed by atoms with Crippen molar-refractivity contribution in [2.45, 2.75) is 13.0 Å². The number of hydrogen-bond donors (Lipinski definition) is 2. The van der Waals surface area contributed by atoms with Gasteiger partial charge in [-0.15, -0.1) is 0 Å². The summed E-state index contributed by atoms with van der Waals surface area (Å²) in [5.41, 5.74) is 7.50. The van der Waals surface area contributed by atoms with Crippen LogP contribution in [0.5, 0.6) is 6.01 Å². The lowest BCUT2D eigenvalue weighted by Crippen LogP contribution is -2.10. The highest BCUT2D eigenvalue weighted by molar-refractivity contribution is 5.83. The van der Waals surface area contributed by atoms with Gasteiger partial charge < -0.3 is 15.6 Å². The van der Waals surface area contributed by atoms with Gasteiger partial charge in [0.15, 0.2) is 17.0 Å². The van der Waals surface area contributed by atoms with Gasteiger partial charge in [0.1, 0.15) is 12.2 Å². The first-order valence-corrected chi connectivity index (χ1v) is 6.91. The fraction of sp³-hybridized carbons (Fsp3) is 0.200. The number of ether oxygens (including phenoxy) is 1. The van der Waals surface area contributed by atoms with Crippen LogP contribution in [0.25, 0.3) is 11.2 Å². The highest BCUT2D eigenvalue weighted by Crippen LogP contribution is 2.24. The Balaban J connectivity index is 2.06. The fourth-order valence-electron chi connectivity index (χ4n) is 2.25. The quantitative estimate of drug-likeness (QED) is 0.687. The average Bonchev–Trinajstić information content (AvgIpc) is 2.85. The molecule has 0 unspecified atom stereocenters. The molecular weight excluding hydrogens is 298 g/mol. The lowest BCUT2D eigenvalue weighted by molar-refractivity contribution is -0.139. The summed E-state index contributed by atoms with van der Waals surface area (Å²) in [5, 5.41) is 10.1. The van der Waals surface area contributed by atoms with Crippen LogP contribution in [0.1, 0.15) is 11.4 Å². The summed E-state index contributed by atoms with van der Waals surface area (Å²) >= 11 is 0. The maximum atomic E-state index is 11.4. The third-order valence-electron chi connectivity index (χ3n) is 3.36. The molecule has 0 bridgehead atoms. The molecule has 2 heterocycles. The topological polar surface area (TPSA) is 116 Å². The maximum absolute atomic E-state index is 11.4. The molecule has 0 aliphatic heterocycles. The van der Waals surface area contributed by atoms with E-state index in [1.54, 1.807) is 0 Å². The number of nitrogen functional groups attached to an aromatic ring is 1. The number of aromatic nitrogens is 4. The first kappa shape index (κ1) is 14.8. The van der Waals surface area contributed by atoms with Crippen molar-refractivity contribution in [1.29, 1.82) is 0 Å². The van der Waals surface area contributed by atoms with E-state index < -0.39 is 5.97 Å². The smallest absolute Gasteiger partial charge is 0.313 e. The van der Waals surface area contributed by atoms with Gasteiger partial charge in [0, 0.05) is 0 Å². The molecule has 23 heavy (non-hydrogen) atoms. The number of esters is 1. The average molecular weight is 313 g/mol. The Morgan fingerprint density at radius 1 is 1.26 bits per heavy atom. The van der Waals surface area contributed by atoms with Crippen molar-refractivity contribution in [3.63, 3.8) is 0 Å². The van der Waals surface area contributed by atoms with Crippen LogP contribution in [0, 0.1) is 0 Å². The second kappa shape index (κ2) is 5.91. The van der Waals surface area contributed by atoms with E-state index in [-0.39, 0.29) is 24.1 Å². The van der Waals surface area contributed by atoms with Crippen molar-refractivity contribution < 1.29 is 14.6 Å². The first-order chi connectivity index (χ1) is 11.1. The molecule has 0 saturated carbocycles. The zero-order valence-electron chi connectivity index (χ0n) is 12.4. The van der Waals surface area contributed by atoms with Gasteiger partial charge in [-0.25, -0.2) is 9.97 Å². The SMILES string of the molecule is COC(=O)Cc1nc(N)c2nc(O)n(Cc3ccccc3)c2n1. The predicted octanol–water partition coefficient (Wildman–Crippen LogP) is 0.878. The molecule has 1 aromatic carbocycles. The molecule has 8 nitrogen and oxygen atoms in total. The molecular formula is C15H15N5O3. The Bertz CT molecular complexity index is 860. The van der Waals surface area contributed by atoms with Gasteiger partial charge in [0.05, 0.1) is 13.7 Å². The van der Waals surface area contributed by atoms with E-state index in [1.165, 1.54) is 11.7 Å². The molecule has 0 amide bonds. The molecule has 0 saturated heterocycles. The predicted molar refractivity (Wildman–Crippen MR) is 82.7 cm³/mol. The number of nitrogens with two attached hydrogens (primary N) is 1. The number of rotatable bonds is 4. The number of imidazole rings is 1. The minimum Gasteiger partial charge on any atom is -0.480 e. The molecule has 0 aliphatic rings. The number of hydrogen-bond acceptors (Lipinski definition) is 7. The van der Waals surface area contributed by atoms with Gasteiger partial charge >= 0.3 is 5.97 Å².